The molecule has 11 heavy (non-hydrogen) atoms. The molecule has 0 saturated heterocycles. The van der Waals surface area contributed by atoms with Gasteiger partial charge < -0.3 is 0 Å². The van der Waals surface area contributed by atoms with E-state index in [1.165, 1.54) is 11.3 Å². The average molecular weight is 190 g/mol. The molecule has 0 fully saturated rings. The molecule has 0 spiro atoms. The molecule has 1 heterocycles. The van der Waals surface area contributed by atoms with Crippen molar-refractivity contribution in [1.82, 2.24) is 4.98 Å². The van der Waals surface area contributed by atoms with E-state index >= 15 is 0 Å². The van der Waals surface area contributed by atoms with Crippen LogP contribution in [0.3, 0.4) is 0 Å². The summed E-state index contributed by atoms with van der Waals surface area (Å²) in [4.78, 5) is 5.27. The first-order valence-corrected chi connectivity index (χ1v) is 4.98. The van der Waals surface area contributed by atoms with Gasteiger partial charge >= 0.3 is 0 Å². The molecule has 1 aromatic rings. The Morgan fingerprint density at radius 2 is 2.36 bits per heavy atom. The fourth-order valence-corrected chi connectivity index (χ4v) is 1.82. The molecule has 0 aliphatic rings. The molecule has 0 amide bonds. The average Bonchev–Trinajstić information content (AvgIpc) is 2.31. The van der Waals surface area contributed by atoms with Gasteiger partial charge in [0.1, 0.15) is 0 Å². The highest BCUT2D eigenvalue weighted by Crippen LogP contribution is 2.20. The van der Waals surface area contributed by atoms with Crippen molar-refractivity contribution in [2.45, 2.75) is 26.7 Å². The fourth-order valence-electron chi connectivity index (χ4n) is 0.830. The lowest BCUT2D eigenvalue weighted by atomic mass is 10.1. The normalized spacial score (nSPS) is 10.9. The first kappa shape index (κ1) is 9.01. The zero-order valence-corrected chi connectivity index (χ0v) is 8.37. The van der Waals surface area contributed by atoms with Gasteiger partial charge in [-0.3, -0.25) is 0 Å². The molecule has 1 rings (SSSR count). The molecule has 0 aromatic carbocycles. The molecule has 0 bridgehead atoms. The second kappa shape index (κ2) is 4.07. The molecule has 0 radical (unpaired) electrons. The highest BCUT2D eigenvalue weighted by Gasteiger charge is 2.00. The minimum Gasteiger partial charge on any atom is -0.233 e. The van der Waals surface area contributed by atoms with Crippen molar-refractivity contribution in [1.29, 1.82) is 0 Å². The SMILES string of the molecule is CC(C)CCc1cnc(Cl)s1. The van der Waals surface area contributed by atoms with Crippen molar-refractivity contribution < 1.29 is 0 Å². The predicted octanol–water partition coefficient (Wildman–Crippen LogP) is 3.39. The Hall–Kier alpha value is -0.0800. The lowest BCUT2D eigenvalue weighted by Gasteiger charge is -1.99. The number of aromatic nitrogens is 1. The van der Waals surface area contributed by atoms with Gasteiger partial charge in [-0.25, -0.2) is 4.98 Å². The molecule has 0 unspecified atom stereocenters. The number of aryl methyl sites for hydroxylation is 1. The van der Waals surface area contributed by atoms with Crippen LogP contribution in [-0.2, 0) is 6.42 Å². The summed E-state index contributed by atoms with van der Waals surface area (Å²) in [5.74, 6) is 0.760. The largest absolute Gasteiger partial charge is 0.233 e. The molecule has 0 aliphatic heterocycles. The molecular formula is C8H12ClNS. The highest BCUT2D eigenvalue weighted by molar-refractivity contribution is 7.15. The summed E-state index contributed by atoms with van der Waals surface area (Å²) in [7, 11) is 0. The predicted molar refractivity (Wildman–Crippen MR) is 50.3 cm³/mol. The van der Waals surface area contributed by atoms with Crippen molar-refractivity contribution in [2.24, 2.45) is 5.92 Å². The van der Waals surface area contributed by atoms with E-state index in [-0.39, 0.29) is 0 Å². The molecule has 0 N–H and O–H groups in total. The van der Waals surface area contributed by atoms with Crippen LogP contribution in [0.15, 0.2) is 6.20 Å². The summed E-state index contributed by atoms with van der Waals surface area (Å²) in [5.41, 5.74) is 0. The number of hydrogen-bond acceptors (Lipinski definition) is 2. The summed E-state index contributed by atoms with van der Waals surface area (Å²) >= 11 is 7.27. The van der Waals surface area contributed by atoms with E-state index < -0.39 is 0 Å². The van der Waals surface area contributed by atoms with E-state index in [0.29, 0.717) is 4.47 Å². The van der Waals surface area contributed by atoms with Crippen LogP contribution in [-0.4, -0.2) is 4.98 Å². The summed E-state index contributed by atoms with van der Waals surface area (Å²) in [5, 5.41) is 0. The molecule has 62 valence electrons. The molecule has 1 aromatic heterocycles. The number of rotatable bonds is 3. The van der Waals surface area contributed by atoms with Gasteiger partial charge in [-0.15, -0.1) is 11.3 Å². The van der Waals surface area contributed by atoms with E-state index in [1.807, 2.05) is 6.20 Å². The third-order valence-electron chi connectivity index (χ3n) is 1.49. The van der Waals surface area contributed by atoms with Crippen molar-refractivity contribution in [3.63, 3.8) is 0 Å². The standard InChI is InChI=1S/C8H12ClNS/c1-6(2)3-4-7-5-10-8(9)11-7/h5-6H,3-4H2,1-2H3. The third-order valence-corrected chi connectivity index (χ3v) is 2.67. The number of hydrogen-bond donors (Lipinski definition) is 0. The first-order chi connectivity index (χ1) is 5.18. The van der Waals surface area contributed by atoms with Crippen molar-refractivity contribution in [2.75, 3.05) is 0 Å². The van der Waals surface area contributed by atoms with Crippen LogP contribution in [0.1, 0.15) is 25.1 Å². The van der Waals surface area contributed by atoms with Crippen LogP contribution < -0.4 is 0 Å². The van der Waals surface area contributed by atoms with E-state index in [9.17, 15) is 0 Å². The zero-order chi connectivity index (χ0) is 8.27. The second-order valence-corrected chi connectivity index (χ2v) is 4.71. The second-order valence-electron chi connectivity index (χ2n) is 3.01. The molecular weight excluding hydrogens is 178 g/mol. The Bertz CT molecular complexity index is 220. The maximum atomic E-state index is 5.68. The van der Waals surface area contributed by atoms with Gasteiger partial charge in [0.15, 0.2) is 4.47 Å². The summed E-state index contributed by atoms with van der Waals surface area (Å²) in [6.45, 7) is 4.45. The van der Waals surface area contributed by atoms with Gasteiger partial charge in [0.05, 0.1) is 0 Å². The smallest absolute Gasteiger partial charge is 0.183 e. The van der Waals surface area contributed by atoms with Gasteiger partial charge in [-0.1, -0.05) is 25.4 Å². The van der Waals surface area contributed by atoms with Crippen molar-refractivity contribution >= 4 is 22.9 Å². The van der Waals surface area contributed by atoms with Gasteiger partial charge in [0.25, 0.3) is 0 Å². The van der Waals surface area contributed by atoms with Gasteiger partial charge in [0.2, 0.25) is 0 Å². The van der Waals surface area contributed by atoms with Crippen LogP contribution in [0.2, 0.25) is 4.47 Å². The lowest BCUT2D eigenvalue weighted by molar-refractivity contribution is 0.589. The Kier molecular flexibility index (Phi) is 3.34. The highest BCUT2D eigenvalue weighted by atomic mass is 35.5. The topological polar surface area (TPSA) is 12.9 Å². The fraction of sp³-hybridized carbons (Fsp3) is 0.625. The zero-order valence-electron chi connectivity index (χ0n) is 6.80. The Balaban J connectivity index is 2.39. The van der Waals surface area contributed by atoms with Crippen LogP contribution in [0.5, 0.6) is 0 Å². The number of halogens is 1. The van der Waals surface area contributed by atoms with Gasteiger partial charge in [-0.2, -0.15) is 0 Å². The Morgan fingerprint density at radius 1 is 1.64 bits per heavy atom. The Morgan fingerprint density at radius 3 is 2.82 bits per heavy atom. The molecule has 3 heteroatoms. The molecule has 0 aliphatic carbocycles. The summed E-state index contributed by atoms with van der Waals surface area (Å²) < 4.78 is 0.656. The van der Waals surface area contributed by atoms with Crippen LogP contribution in [0.4, 0.5) is 0 Å². The molecule has 0 saturated carbocycles. The molecule has 1 nitrogen and oxygen atoms in total. The van der Waals surface area contributed by atoms with Crippen LogP contribution >= 0.6 is 22.9 Å². The maximum absolute atomic E-state index is 5.68. The summed E-state index contributed by atoms with van der Waals surface area (Å²) in [6, 6.07) is 0. The maximum Gasteiger partial charge on any atom is 0.183 e. The van der Waals surface area contributed by atoms with E-state index in [4.69, 9.17) is 11.6 Å². The van der Waals surface area contributed by atoms with Crippen molar-refractivity contribution in [3.8, 4) is 0 Å². The Labute approximate surface area is 76.4 Å². The van der Waals surface area contributed by atoms with E-state index in [2.05, 4.69) is 18.8 Å². The van der Waals surface area contributed by atoms with Crippen LogP contribution in [0.25, 0.3) is 0 Å². The molecule has 0 atom stereocenters. The van der Waals surface area contributed by atoms with E-state index in [0.717, 1.165) is 12.3 Å². The van der Waals surface area contributed by atoms with Gasteiger partial charge in [-0.05, 0) is 18.8 Å². The van der Waals surface area contributed by atoms with Crippen LogP contribution in [0, 0.1) is 5.92 Å². The summed E-state index contributed by atoms with van der Waals surface area (Å²) in [6.07, 6.45) is 4.20. The van der Waals surface area contributed by atoms with E-state index in [1.54, 1.807) is 11.3 Å². The number of thiazole rings is 1. The third kappa shape index (κ3) is 3.21. The monoisotopic (exact) mass is 189 g/mol. The minimum absolute atomic E-state index is 0.656. The van der Waals surface area contributed by atoms with Gasteiger partial charge in [0, 0.05) is 11.1 Å². The van der Waals surface area contributed by atoms with Crippen molar-refractivity contribution in [3.05, 3.63) is 15.5 Å². The first-order valence-electron chi connectivity index (χ1n) is 3.78. The quantitative estimate of drug-likeness (QED) is 0.711. The lowest BCUT2D eigenvalue weighted by Crippen LogP contribution is -1.88. The minimum atomic E-state index is 0.656. The number of nitrogens with zero attached hydrogens (tertiary/aromatic N) is 1.